The van der Waals surface area contributed by atoms with E-state index in [1.807, 2.05) is 0 Å². The topological polar surface area (TPSA) is 79.0 Å². The largest absolute Gasteiger partial charge is 0.243 e. The summed E-state index contributed by atoms with van der Waals surface area (Å²) >= 11 is 0. The third kappa shape index (κ3) is 2.51. The van der Waals surface area contributed by atoms with Crippen LogP contribution in [-0.2, 0) is 16.6 Å². The maximum atomic E-state index is 12.1. The highest BCUT2D eigenvalue weighted by Gasteiger charge is 2.20. The highest BCUT2D eigenvalue weighted by molar-refractivity contribution is 7.89. The normalized spacial score (nSPS) is 11.9. The van der Waals surface area contributed by atoms with Crippen LogP contribution in [0.1, 0.15) is 5.69 Å². The molecule has 0 unspecified atom stereocenters. The van der Waals surface area contributed by atoms with Crippen LogP contribution in [0.15, 0.2) is 41.4 Å². The van der Waals surface area contributed by atoms with Crippen molar-refractivity contribution in [1.82, 2.24) is 19.7 Å². The summed E-state index contributed by atoms with van der Waals surface area (Å²) in [6.45, 7) is 0.188. The smallest absolute Gasteiger partial charge is 0.207 e. The van der Waals surface area contributed by atoms with Gasteiger partial charge in [-0.25, -0.2) is 8.42 Å². The predicted octanol–water partition coefficient (Wildman–Crippen LogP) is 0.625. The summed E-state index contributed by atoms with van der Waals surface area (Å²) in [6, 6.07) is 8.29. The Bertz CT molecular complexity index is 566. The second kappa shape index (κ2) is 4.64. The van der Waals surface area contributed by atoms with Gasteiger partial charge in [-0.15, -0.1) is 0 Å². The van der Waals surface area contributed by atoms with E-state index in [-0.39, 0.29) is 11.4 Å². The number of sulfonamides is 1. The van der Waals surface area contributed by atoms with Crippen molar-refractivity contribution in [2.45, 2.75) is 11.4 Å². The van der Waals surface area contributed by atoms with Crippen LogP contribution in [0.4, 0.5) is 0 Å². The molecule has 2 aromatic rings. The maximum absolute atomic E-state index is 12.1. The number of aromatic amines is 1. The first-order chi connectivity index (χ1) is 8.10. The van der Waals surface area contributed by atoms with Crippen molar-refractivity contribution in [3.8, 4) is 0 Å². The average molecular weight is 252 g/mol. The fourth-order valence-electron chi connectivity index (χ4n) is 1.39. The van der Waals surface area contributed by atoms with Gasteiger partial charge in [-0.3, -0.25) is 0 Å². The SMILES string of the molecule is CN(Cc1cn[nH]n1)S(=O)(=O)c1ccccc1. The van der Waals surface area contributed by atoms with Crippen LogP contribution >= 0.6 is 0 Å². The van der Waals surface area contributed by atoms with Crippen LogP contribution in [0.5, 0.6) is 0 Å². The molecular formula is C10H12N4O2S. The lowest BCUT2D eigenvalue weighted by atomic mass is 10.4. The van der Waals surface area contributed by atoms with E-state index < -0.39 is 10.0 Å². The molecule has 1 aromatic carbocycles. The van der Waals surface area contributed by atoms with Crippen molar-refractivity contribution in [3.05, 3.63) is 42.2 Å². The van der Waals surface area contributed by atoms with Gasteiger partial charge in [-0.2, -0.15) is 19.7 Å². The molecule has 0 bridgehead atoms. The molecule has 0 aliphatic rings. The highest BCUT2D eigenvalue weighted by atomic mass is 32.2. The van der Waals surface area contributed by atoms with Crippen molar-refractivity contribution in [2.24, 2.45) is 0 Å². The minimum absolute atomic E-state index is 0.188. The third-order valence-electron chi connectivity index (χ3n) is 2.30. The number of rotatable bonds is 4. The Labute approximate surface area is 99.3 Å². The molecule has 0 fully saturated rings. The molecule has 0 aliphatic heterocycles. The fourth-order valence-corrected chi connectivity index (χ4v) is 2.55. The maximum Gasteiger partial charge on any atom is 0.243 e. The summed E-state index contributed by atoms with van der Waals surface area (Å²) in [7, 11) is -1.95. The van der Waals surface area contributed by atoms with Gasteiger partial charge < -0.3 is 0 Å². The summed E-state index contributed by atoms with van der Waals surface area (Å²) < 4.78 is 25.5. The Morgan fingerprint density at radius 2 is 2.00 bits per heavy atom. The van der Waals surface area contributed by atoms with Crippen molar-refractivity contribution < 1.29 is 8.42 Å². The van der Waals surface area contributed by atoms with Crippen LogP contribution in [0.3, 0.4) is 0 Å². The van der Waals surface area contributed by atoms with Crippen molar-refractivity contribution in [1.29, 1.82) is 0 Å². The van der Waals surface area contributed by atoms with Crippen LogP contribution in [0.25, 0.3) is 0 Å². The van der Waals surface area contributed by atoms with Gasteiger partial charge in [0.25, 0.3) is 0 Å². The first-order valence-corrected chi connectivity index (χ1v) is 6.41. The number of hydrogen-bond acceptors (Lipinski definition) is 4. The molecule has 0 amide bonds. The standard InChI is InChI=1S/C10H12N4O2S/c1-14(8-9-7-11-13-12-9)17(15,16)10-5-3-2-4-6-10/h2-7H,8H2,1H3,(H,11,12,13). The van der Waals surface area contributed by atoms with Gasteiger partial charge in [0.2, 0.25) is 10.0 Å². The van der Waals surface area contributed by atoms with Crippen LogP contribution in [0, 0.1) is 0 Å². The predicted molar refractivity (Wildman–Crippen MR) is 61.5 cm³/mol. The molecule has 0 aliphatic carbocycles. The lowest BCUT2D eigenvalue weighted by Crippen LogP contribution is -2.26. The number of H-pyrrole nitrogens is 1. The second-order valence-corrected chi connectivity index (χ2v) is 5.58. The Morgan fingerprint density at radius 1 is 1.29 bits per heavy atom. The van der Waals surface area contributed by atoms with Gasteiger partial charge in [0, 0.05) is 7.05 Å². The molecule has 2 rings (SSSR count). The zero-order chi connectivity index (χ0) is 12.3. The summed E-state index contributed by atoms with van der Waals surface area (Å²) in [5, 5.41) is 9.90. The first-order valence-electron chi connectivity index (χ1n) is 4.97. The van der Waals surface area contributed by atoms with Crippen LogP contribution in [0.2, 0.25) is 0 Å². The minimum atomic E-state index is -3.46. The van der Waals surface area contributed by atoms with E-state index in [9.17, 15) is 8.42 Å². The molecule has 0 spiro atoms. The van der Waals surface area contributed by atoms with Gasteiger partial charge in [-0.05, 0) is 12.1 Å². The third-order valence-corrected chi connectivity index (χ3v) is 4.12. The monoisotopic (exact) mass is 252 g/mol. The van der Waals surface area contributed by atoms with E-state index in [4.69, 9.17) is 0 Å². The van der Waals surface area contributed by atoms with E-state index in [0.29, 0.717) is 5.69 Å². The average Bonchev–Trinajstić information content (AvgIpc) is 2.83. The summed E-state index contributed by atoms with van der Waals surface area (Å²) in [5.41, 5.74) is 0.576. The Hall–Kier alpha value is -1.73. The van der Waals surface area contributed by atoms with E-state index in [0.717, 1.165) is 0 Å². The van der Waals surface area contributed by atoms with Crippen LogP contribution in [-0.4, -0.2) is 35.2 Å². The van der Waals surface area contributed by atoms with Crippen molar-refractivity contribution >= 4 is 10.0 Å². The Balaban J connectivity index is 2.22. The lowest BCUT2D eigenvalue weighted by molar-refractivity contribution is 0.462. The molecule has 0 atom stereocenters. The zero-order valence-electron chi connectivity index (χ0n) is 9.24. The van der Waals surface area contributed by atoms with E-state index >= 15 is 0 Å². The minimum Gasteiger partial charge on any atom is -0.207 e. The van der Waals surface area contributed by atoms with Gasteiger partial charge >= 0.3 is 0 Å². The number of nitrogens with zero attached hydrogens (tertiary/aromatic N) is 3. The molecule has 0 saturated heterocycles. The molecule has 17 heavy (non-hydrogen) atoms. The van der Waals surface area contributed by atoms with E-state index in [1.54, 1.807) is 30.3 Å². The van der Waals surface area contributed by atoms with Crippen molar-refractivity contribution in [2.75, 3.05) is 7.05 Å². The molecule has 0 saturated carbocycles. The fraction of sp³-hybridized carbons (Fsp3) is 0.200. The van der Waals surface area contributed by atoms with Crippen LogP contribution < -0.4 is 0 Å². The number of aromatic nitrogens is 3. The van der Waals surface area contributed by atoms with Gasteiger partial charge in [0.1, 0.15) is 0 Å². The molecule has 1 N–H and O–H groups in total. The summed E-state index contributed by atoms with van der Waals surface area (Å²) in [4.78, 5) is 0.269. The first kappa shape index (κ1) is 11.7. The lowest BCUT2D eigenvalue weighted by Gasteiger charge is -2.15. The van der Waals surface area contributed by atoms with Gasteiger partial charge in [-0.1, -0.05) is 18.2 Å². The van der Waals surface area contributed by atoms with Gasteiger partial charge in [0.15, 0.2) is 0 Å². The molecular weight excluding hydrogens is 240 g/mol. The van der Waals surface area contributed by atoms with E-state index in [1.165, 1.54) is 17.5 Å². The Morgan fingerprint density at radius 3 is 2.59 bits per heavy atom. The molecule has 1 aromatic heterocycles. The summed E-state index contributed by atoms with van der Waals surface area (Å²) in [5.74, 6) is 0. The highest BCUT2D eigenvalue weighted by Crippen LogP contribution is 2.14. The molecule has 0 radical (unpaired) electrons. The zero-order valence-corrected chi connectivity index (χ0v) is 10.1. The molecule has 6 nitrogen and oxygen atoms in total. The quantitative estimate of drug-likeness (QED) is 0.865. The number of nitrogens with one attached hydrogen (secondary N) is 1. The molecule has 90 valence electrons. The molecule has 1 heterocycles. The van der Waals surface area contributed by atoms with Gasteiger partial charge in [0.05, 0.1) is 23.3 Å². The summed E-state index contributed by atoms with van der Waals surface area (Å²) in [6.07, 6.45) is 1.50. The van der Waals surface area contributed by atoms with E-state index in [2.05, 4.69) is 15.4 Å². The number of benzene rings is 1. The second-order valence-electron chi connectivity index (χ2n) is 3.54. The number of hydrogen-bond donors (Lipinski definition) is 1. The molecule has 7 heteroatoms. The Kier molecular flexibility index (Phi) is 3.21. The van der Waals surface area contributed by atoms with Crippen molar-refractivity contribution in [3.63, 3.8) is 0 Å².